The molecule has 1 atom stereocenters. The van der Waals surface area contributed by atoms with Gasteiger partial charge in [0.25, 0.3) is 0 Å². The summed E-state index contributed by atoms with van der Waals surface area (Å²) in [6, 6.07) is 7.26. The Morgan fingerprint density at radius 3 is 2.33 bits per heavy atom. The molecule has 1 rings (SSSR count). The number of benzene rings is 1. The molecule has 0 saturated heterocycles. The molecule has 2 N–H and O–H groups in total. The minimum atomic E-state index is -0.583. The number of aliphatic hydroxyl groups excluding tert-OH is 1. The van der Waals surface area contributed by atoms with Crippen LogP contribution in [0.2, 0.25) is 0 Å². The van der Waals surface area contributed by atoms with Gasteiger partial charge in [-0.3, -0.25) is 9.69 Å². The Morgan fingerprint density at radius 2 is 1.86 bits per heavy atom. The van der Waals surface area contributed by atoms with Crippen LogP contribution in [0, 0.1) is 0 Å². The van der Waals surface area contributed by atoms with Crippen LogP contribution in [0.3, 0.4) is 0 Å². The molecule has 4 nitrogen and oxygen atoms in total. The van der Waals surface area contributed by atoms with Gasteiger partial charge in [-0.2, -0.15) is 0 Å². The average molecular weight is 288 g/mol. The maximum absolute atomic E-state index is 11.3. The first-order valence-electron chi connectivity index (χ1n) is 7.12. The number of carbonyl (C=O) groups is 1. The van der Waals surface area contributed by atoms with E-state index in [-0.39, 0.29) is 5.91 Å². The summed E-state index contributed by atoms with van der Waals surface area (Å²) >= 11 is 0. The fourth-order valence-electron chi connectivity index (χ4n) is 1.98. The fourth-order valence-corrected chi connectivity index (χ4v) is 1.98. The summed E-state index contributed by atoms with van der Waals surface area (Å²) < 4.78 is 0. The van der Waals surface area contributed by atoms with E-state index in [4.69, 9.17) is 0 Å². The molecule has 0 aliphatic heterocycles. The largest absolute Gasteiger partial charge is 0.387 e. The van der Waals surface area contributed by atoms with E-state index in [1.807, 2.05) is 12.1 Å². The molecule has 0 fully saturated rings. The minimum Gasteiger partial charge on any atom is -0.387 e. The zero-order chi connectivity index (χ0) is 15.7. The van der Waals surface area contributed by atoms with Gasteiger partial charge in [0.15, 0.2) is 0 Å². The van der Waals surface area contributed by atoms with E-state index in [9.17, 15) is 9.90 Å². The van der Waals surface area contributed by atoms with Gasteiger partial charge in [0.2, 0.25) is 5.91 Å². The highest BCUT2D eigenvalue weighted by atomic mass is 16.3. The van der Waals surface area contributed by atoms with Crippen LogP contribution >= 0.6 is 0 Å². The zero-order valence-corrected chi connectivity index (χ0v) is 12.6. The number of rotatable bonds is 9. The molecule has 114 valence electrons. The first kappa shape index (κ1) is 17.1. The molecule has 0 aliphatic carbocycles. The number of hydrogen-bond acceptors (Lipinski definition) is 3. The van der Waals surface area contributed by atoms with Crippen LogP contribution in [-0.4, -0.2) is 35.5 Å². The van der Waals surface area contributed by atoms with Crippen molar-refractivity contribution in [3.05, 3.63) is 55.1 Å². The molecule has 1 amide bonds. The van der Waals surface area contributed by atoms with Gasteiger partial charge in [0, 0.05) is 31.7 Å². The van der Waals surface area contributed by atoms with Gasteiger partial charge >= 0.3 is 0 Å². The van der Waals surface area contributed by atoms with Crippen molar-refractivity contribution in [3.8, 4) is 0 Å². The van der Waals surface area contributed by atoms with Crippen molar-refractivity contribution in [3.63, 3.8) is 0 Å². The van der Waals surface area contributed by atoms with E-state index >= 15 is 0 Å². The Balaban J connectivity index is 2.65. The summed E-state index contributed by atoms with van der Waals surface area (Å²) in [4.78, 5) is 13.4. The molecular weight excluding hydrogens is 264 g/mol. The van der Waals surface area contributed by atoms with Crippen LogP contribution in [-0.2, 0) is 4.79 Å². The van der Waals surface area contributed by atoms with Gasteiger partial charge in [-0.25, -0.2) is 0 Å². The summed E-state index contributed by atoms with van der Waals surface area (Å²) in [5, 5.41) is 13.0. The third-order valence-electron chi connectivity index (χ3n) is 3.11. The molecule has 0 aliphatic rings. The standard InChI is InChI=1S/C17H24N2O2/c1-4-11-19(12-5-2)13-16(20)14-7-9-15(10-8-14)18-17(21)6-3/h4-5,7-10,16,20H,1-2,6,11-13H2,3H3,(H,18,21). The molecular formula is C17H24N2O2. The lowest BCUT2D eigenvalue weighted by Crippen LogP contribution is -2.29. The van der Waals surface area contributed by atoms with Crippen molar-refractivity contribution in [1.82, 2.24) is 4.90 Å². The van der Waals surface area contributed by atoms with E-state index in [2.05, 4.69) is 23.4 Å². The molecule has 21 heavy (non-hydrogen) atoms. The summed E-state index contributed by atoms with van der Waals surface area (Å²) in [6.45, 7) is 11.1. The van der Waals surface area contributed by atoms with E-state index < -0.39 is 6.10 Å². The predicted octanol–water partition coefficient (Wildman–Crippen LogP) is 2.74. The number of nitrogens with zero attached hydrogens (tertiary/aromatic N) is 1. The lowest BCUT2D eigenvalue weighted by atomic mass is 10.1. The highest BCUT2D eigenvalue weighted by Gasteiger charge is 2.12. The van der Waals surface area contributed by atoms with Crippen LogP contribution in [0.25, 0.3) is 0 Å². The Kier molecular flexibility index (Phi) is 7.43. The van der Waals surface area contributed by atoms with Gasteiger partial charge in [-0.15, -0.1) is 13.2 Å². The third kappa shape index (κ3) is 5.94. The van der Waals surface area contributed by atoms with Crippen LogP contribution in [0.1, 0.15) is 25.0 Å². The molecule has 4 heteroatoms. The number of hydrogen-bond donors (Lipinski definition) is 2. The van der Waals surface area contributed by atoms with Gasteiger partial charge in [0.05, 0.1) is 6.10 Å². The SMILES string of the molecule is C=CCN(CC=C)CC(O)c1ccc(NC(=O)CC)cc1. The first-order chi connectivity index (χ1) is 10.1. The lowest BCUT2D eigenvalue weighted by Gasteiger charge is -2.22. The summed E-state index contributed by atoms with van der Waals surface area (Å²) in [6.07, 6.45) is 3.47. The second-order valence-corrected chi connectivity index (χ2v) is 4.84. The van der Waals surface area contributed by atoms with E-state index in [1.54, 1.807) is 31.2 Å². The highest BCUT2D eigenvalue weighted by Crippen LogP contribution is 2.17. The van der Waals surface area contributed by atoms with Gasteiger partial charge < -0.3 is 10.4 Å². The predicted molar refractivity (Wildman–Crippen MR) is 87.2 cm³/mol. The normalized spacial score (nSPS) is 12.0. The number of nitrogens with one attached hydrogen (secondary N) is 1. The molecule has 0 aromatic heterocycles. The Labute approximate surface area is 126 Å². The van der Waals surface area contributed by atoms with Crippen molar-refractivity contribution < 1.29 is 9.90 Å². The van der Waals surface area contributed by atoms with Crippen LogP contribution < -0.4 is 5.32 Å². The van der Waals surface area contributed by atoms with Crippen LogP contribution in [0.4, 0.5) is 5.69 Å². The minimum absolute atomic E-state index is 0.0218. The van der Waals surface area contributed by atoms with Gasteiger partial charge in [-0.1, -0.05) is 31.2 Å². The summed E-state index contributed by atoms with van der Waals surface area (Å²) in [7, 11) is 0. The lowest BCUT2D eigenvalue weighted by molar-refractivity contribution is -0.115. The van der Waals surface area contributed by atoms with Gasteiger partial charge in [-0.05, 0) is 17.7 Å². The molecule has 0 bridgehead atoms. The summed E-state index contributed by atoms with van der Waals surface area (Å²) in [5.74, 6) is -0.0218. The van der Waals surface area contributed by atoms with Crippen molar-refractivity contribution >= 4 is 11.6 Å². The monoisotopic (exact) mass is 288 g/mol. The van der Waals surface area contributed by atoms with E-state index in [1.165, 1.54) is 0 Å². The highest BCUT2D eigenvalue weighted by molar-refractivity contribution is 5.90. The number of amides is 1. The van der Waals surface area contributed by atoms with Crippen LogP contribution in [0.5, 0.6) is 0 Å². The van der Waals surface area contributed by atoms with Crippen molar-refractivity contribution in [1.29, 1.82) is 0 Å². The molecule has 0 spiro atoms. The van der Waals surface area contributed by atoms with Crippen molar-refractivity contribution in [2.75, 3.05) is 25.0 Å². The second-order valence-electron chi connectivity index (χ2n) is 4.84. The van der Waals surface area contributed by atoms with E-state index in [0.29, 0.717) is 26.1 Å². The van der Waals surface area contributed by atoms with Gasteiger partial charge in [0.1, 0.15) is 0 Å². The van der Waals surface area contributed by atoms with Crippen molar-refractivity contribution in [2.24, 2.45) is 0 Å². The maximum Gasteiger partial charge on any atom is 0.224 e. The van der Waals surface area contributed by atoms with Crippen LogP contribution in [0.15, 0.2) is 49.6 Å². The Bertz CT molecular complexity index is 458. The molecule has 1 aromatic rings. The maximum atomic E-state index is 11.3. The van der Waals surface area contributed by atoms with Crippen molar-refractivity contribution in [2.45, 2.75) is 19.4 Å². The fraction of sp³-hybridized carbons (Fsp3) is 0.353. The Morgan fingerprint density at radius 1 is 1.29 bits per heavy atom. The quantitative estimate of drug-likeness (QED) is 0.687. The smallest absolute Gasteiger partial charge is 0.224 e. The molecule has 0 radical (unpaired) electrons. The third-order valence-corrected chi connectivity index (χ3v) is 3.11. The average Bonchev–Trinajstić information content (AvgIpc) is 2.48. The number of anilines is 1. The second kappa shape index (κ2) is 9.10. The first-order valence-corrected chi connectivity index (χ1v) is 7.12. The number of carbonyl (C=O) groups excluding carboxylic acids is 1. The molecule has 1 unspecified atom stereocenters. The van der Waals surface area contributed by atoms with E-state index in [0.717, 1.165) is 11.3 Å². The summed E-state index contributed by atoms with van der Waals surface area (Å²) in [5.41, 5.74) is 1.56. The molecule has 1 aromatic carbocycles. The number of aliphatic hydroxyl groups is 1. The Hall–Kier alpha value is -1.91. The topological polar surface area (TPSA) is 52.6 Å². The molecule has 0 saturated carbocycles. The molecule has 0 heterocycles. The zero-order valence-electron chi connectivity index (χ0n) is 12.6.